The lowest BCUT2D eigenvalue weighted by Gasteiger charge is -2.40. The summed E-state index contributed by atoms with van der Waals surface area (Å²) in [4.78, 5) is 7.73. The summed E-state index contributed by atoms with van der Waals surface area (Å²) >= 11 is 1.88. The lowest BCUT2D eigenvalue weighted by Crippen LogP contribution is -2.39. The number of anilines is 2. The summed E-state index contributed by atoms with van der Waals surface area (Å²) in [5, 5.41) is 0. The molecule has 4 rings (SSSR count). The Balaban J connectivity index is 0.00000196. The Morgan fingerprint density at radius 1 is 1.04 bits per heavy atom. The number of nitrogens with zero attached hydrogens (tertiary/aromatic N) is 2. The third-order valence-electron chi connectivity index (χ3n) is 5.49. The minimum absolute atomic E-state index is 0. The van der Waals surface area contributed by atoms with Crippen LogP contribution in [-0.4, -0.2) is 45.3 Å². The quantitative estimate of drug-likeness (QED) is 0.707. The van der Waals surface area contributed by atoms with Crippen molar-refractivity contribution < 1.29 is 4.74 Å². The van der Waals surface area contributed by atoms with Gasteiger partial charge in [0.1, 0.15) is 0 Å². The van der Waals surface area contributed by atoms with Crippen molar-refractivity contribution >= 4 is 35.5 Å². The molecule has 3 nitrogen and oxygen atoms in total. The molecule has 2 heterocycles. The molecule has 140 valence electrons. The van der Waals surface area contributed by atoms with Crippen molar-refractivity contribution in [3.8, 4) is 0 Å². The van der Waals surface area contributed by atoms with Gasteiger partial charge in [-0.1, -0.05) is 36.0 Å². The smallest absolute Gasteiger partial charge is 0.0553 e. The van der Waals surface area contributed by atoms with Crippen molar-refractivity contribution in [2.45, 2.75) is 22.6 Å². The summed E-state index contributed by atoms with van der Waals surface area (Å²) in [6.45, 7) is 4.20. The standard InChI is InChI=1S/C21H26N2OS.ClH/c1-22-13-11-21(15-22,12-14-24-2)16-23-17-7-3-5-9-19(17)25-20-10-6-4-8-18(20)23;/h3-10H,11-16H2,1-2H3;1H. The number of halogens is 1. The largest absolute Gasteiger partial charge is 0.385 e. The second-order valence-electron chi connectivity index (χ2n) is 7.35. The van der Waals surface area contributed by atoms with Gasteiger partial charge in [-0.2, -0.15) is 0 Å². The average Bonchev–Trinajstić information content (AvgIpc) is 3.01. The normalized spacial score (nSPS) is 21.8. The zero-order valence-corrected chi connectivity index (χ0v) is 17.1. The molecule has 0 bridgehead atoms. The Bertz CT molecular complexity index is 711. The van der Waals surface area contributed by atoms with Gasteiger partial charge in [0.2, 0.25) is 0 Å². The highest BCUT2D eigenvalue weighted by atomic mass is 35.5. The van der Waals surface area contributed by atoms with Gasteiger partial charge in [-0.25, -0.2) is 0 Å². The van der Waals surface area contributed by atoms with Crippen LogP contribution in [0.1, 0.15) is 12.8 Å². The van der Waals surface area contributed by atoms with Crippen LogP contribution in [0.15, 0.2) is 58.3 Å². The van der Waals surface area contributed by atoms with Crippen LogP contribution in [-0.2, 0) is 4.74 Å². The Morgan fingerprint density at radius 3 is 2.19 bits per heavy atom. The third-order valence-corrected chi connectivity index (χ3v) is 6.62. The first-order valence-electron chi connectivity index (χ1n) is 9.02. The van der Waals surface area contributed by atoms with Gasteiger partial charge in [0.15, 0.2) is 0 Å². The minimum atomic E-state index is 0. The fourth-order valence-electron chi connectivity index (χ4n) is 4.18. The molecule has 0 radical (unpaired) electrons. The number of hydrogen-bond acceptors (Lipinski definition) is 4. The number of likely N-dealkylation sites (tertiary alicyclic amines) is 1. The fraction of sp³-hybridized carbons (Fsp3) is 0.429. The SMILES string of the molecule is COCCC1(CN2c3ccccc3Sc3ccccc32)CCN(C)C1.Cl. The number of rotatable bonds is 5. The second kappa shape index (κ2) is 8.22. The Labute approximate surface area is 167 Å². The summed E-state index contributed by atoms with van der Waals surface area (Å²) in [5.74, 6) is 0. The molecular formula is C21H27ClN2OS. The predicted octanol–water partition coefficient (Wildman–Crippen LogP) is 5.07. The highest BCUT2D eigenvalue weighted by molar-refractivity contribution is 7.99. The Kier molecular flexibility index (Phi) is 6.18. The van der Waals surface area contributed by atoms with E-state index in [1.54, 1.807) is 0 Å². The predicted molar refractivity (Wildman–Crippen MR) is 112 cm³/mol. The fourth-order valence-corrected chi connectivity index (χ4v) is 5.27. The first-order valence-corrected chi connectivity index (χ1v) is 9.83. The molecule has 5 heteroatoms. The topological polar surface area (TPSA) is 15.7 Å². The van der Waals surface area contributed by atoms with Gasteiger partial charge in [-0.05, 0) is 50.7 Å². The molecule has 0 saturated carbocycles. The van der Waals surface area contributed by atoms with Gasteiger partial charge < -0.3 is 14.5 Å². The molecule has 1 unspecified atom stereocenters. The van der Waals surface area contributed by atoms with Crippen LogP contribution >= 0.6 is 24.2 Å². The van der Waals surface area contributed by atoms with Gasteiger partial charge >= 0.3 is 0 Å². The molecule has 2 aliphatic rings. The number of ether oxygens (including phenoxy) is 1. The molecule has 1 atom stereocenters. The second-order valence-corrected chi connectivity index (χ2v) is 8.44. The number of methoxy groups -OCH3 is 1. The van der Waals surface area contributed by atoms with Crippen molar-refractivity contribution in [2.24, 2.45) is 5.41 Å². The van der Waals surface area contributed by atoms with E-state index in [9.17, 15) is 0 Å². The molecule has 2 aromatic rings. The van der Waals surface area contributed by atoms with E-state index in [4.69, 9.17) is 4.74 Å². The number of para-hydroxylation sites is 2. The number of hydrogen-bond donors (Lipinski definition) is 0. The lowest BCUT2D eigenvalue weighted by atomic mass is 9.82. The van der Waals surface area contributed by atoms with Crippen LogP contribution in [0, 0.1) is 5.41 Å². The van der Waals surface area contributed by atoms with Crippen LogP contribution in [0.4, 0.5) is 11.4 Å². The van der Waals surface area contributed by atoms with E-state index >= 15 is 0 Å². The molecule has 0 N–H and O–H groups in total. The van der Waals surface area contributed by atoms with Gasteiger partial charge in [0, 0.05) is 42.0 Å². The zero-order chi connectivity index (χ0) is 17.3. The summed E-state index contributed by atoms with van der Waals surface area (Å²) in [7, 11) is 4.05. The van der Waals surface area contributed by atoms with E-state index in [0.717, 1.165) is 26.1 Å². The maximum Gasteiger partial charge on any atom is 0.0553 e. The van der Waals surface area contributed by atoms with Gasteiger partial charge in [-0.3, -0.25) is 0 Å². The van der Waals surface area contributed by atoms with E-state index in [1.165, 1.54) is 34.1 Å². The molecule has 0 spiro atoms. The van der Waals surface area contributed by atoms with Crippen molar-refractivity contribution in [1.82, 2.24) is 4.90 Å². The van der Waals surface area contributed by atoms with E-state index in [0.29, 0.717) is 0 Å². The monoisotopic (exact) mass is 390 g/mol. The minimum Gasteiger partial charge on any atom is -0.385 e. The zero-order valence-electron chi connectivity index (χ0n) is 15.5. The Morgan fingerprint density at radius 2 is 1.65 bits per heavy atom. The molecular weight excluding hydrogens is 364 g/mol. The van der Waals surface area contributed by atoms with Gasteiger partial charge in [0.05, 0.1) is 11.4 Å². The maximum atomic E-state index is 5.45. The third kappa shape index (κ3) is 3.74. The molecule has 2 aliphatic heterocycles. The van der Waals surface area contributed by atoms with Crippen LogP contribution in [0.25, 0.3) is 0 Å². The van der Waals surface area contributed by atoms with Crippen LogP contribution in [0.3, 0.4) is 0 Å². The lowest BCUT2D eigenvalue weighted by molar-refractivity contribution is 0.141. The van der Waals surface area contributed by atoms with Crippen molar-refractivity contribution in [3.05, 3.63) is 48.5 Å². The van der Waals surface area contributed by atoms with E-state index < -0.39 is 0 Å². The molecule has 26 heavy (non-hydrogen) atoms. The average molecular weight is 391 g/mol. The number of benzene rings is 2. The van der Waals surface area contributed by atoms with Gasteiger partial charge in [0.25, 0.3) is 0 Å². The summed E-state index contributed by atoms with van der Waals surface area (Å²) < 4.78 is 5.45. The molecule has 0 aromatic heterocycles. The number of fused-ring (bicyclic) bond motifs is 2. The van der Waals surface area contributed by atoms with Crippen LogP contribution in [0.5, 0.6) is 0 Å². The summed E-state index contributed by atoms with van der Waals surface area (Å²) in [5.41, 5.74) is 2.97. The summed E-state index contributed by atoms with van der Waals surface area (Å²) in [6, 6.07) is 17.6. The van der Waals surface area contributed by atoms with E-state index in [1.807, 2.05) is 18.9 Å². The molecule has 2 aromatic carbocycles. The van der Waals surface area contributed by atoms with E-state index in [-0.39, 0.29) is 17.8 Å². The molecule has 0 amide bonds. The Hall–Kier alpha value is -1.20. The highest BCUT2D eigenvalue weighted by Gasteiger charge is 2.39. The van der Waals surface area contributed by atoms with Crippen molar-refractivity contribution in [3.63, 3.8) is 0 Å². The first-order chi connectivity index (χ1) is 12.2. The van der Waals surface area contributed by atoms with Crippen molar-refractivity contribution in [1.29, 1.82) is 0 Å². The summed E-state index contributed by atoms with van der Waals surface area (Å²) in [6.07, 6.45) is 2.35. The van der Waals surface area contributed by atoms with Crippen LogP contribution in [0.2, 0.25) is 0 Å². The van der Waals surface area contributed by atoms with Crippen molar-refractivity contribution in [2.75, 3.05) is 45.3 Å². The molecule has 0 aliphatic carbocycles. The van der Waals surface area contributed by atoms with E-state index in [2.05, 4.69) is 65.4 Å². The first kappa shape index (κ1) is 19.6. The highest BCUT2D eigenvalue weighted by Crippen LogP contribution is 2.50. The molecule has 1 saturated heterocycles. The van der Waals surface area contributed by atoms with Gasteiger partial charge in [-0.15, -0.1) is 12.4 Å². The molecule has 1 fully saturated rings. The maximum absolute atomic E-state index is 5.45. The van der Waals surface area contributed by atoms with Crippen LogP contribution < -0.4 is 4.90 Å².